The minimum absolute atomic E-state index is 0.115. The van der Waals surface area contributed by atoms with Crippen molar-refractivity contribution in [2.45, 2.75) is 5.75 Å². The zero-order chi connectivity index (χ0) is 14.4. The van der Waals surface area contributed by atoms with Crippen LogP contribution in [-0.2, 0) is 5.75 Å². The maximum Gasteiger partial charge on any atom is 0.172 e. The van der Waals surface area contributed by atoms with Crippen LogP contribution in [0, 0.1) is 0 Å². The average molecular weight is 307 g/mol. The smallest absolute Gasteiger partial charge is 0.172 e. The highest BCUT2D eigenvalue weighted by molar-refractivity contribution is 7.99. The van der Waals surface area contributed by atoms with E-state index in [1.54, 1.807) is 43.1 Å². The molecule has 0 fully saturated rings. The number of thioether (sulfide) groups is 1. The van der Waals surface area contributed by atoms with E-state index in [0.717, 1.165) is 22.1 Å². The summed E-state index contributed by atoms with van der Waals surface area (Å²) in [5, 5.41) is 0.747. The van der Waals surface area contributed by atoms with Crippen molar-refractivity contribution in [3.05, 3.63) is 64.7 Å². The first-order valence-electron chi connectivity index (χ1n) is 6.19. The van der Waals surface area contributed by atoms with Gasteiger partial charge in [0.15, 0.2) is 5.78 Å². The molecule has 0 radical (unpaired) electrons. The average Bonchev–Trinajstić information content (AvgIpc) is 2.49. The van der Waals surface area contributed by atoms with Gasteiger partial charge < -0.3 is 4.74 Å². The van der Waals surface area contributed by atoms with E-state index in [1.807, 2.05) is 24.3 Å². The summed E-state index contributed by atoms with van der Waals surface area (Å²) in [6.07, 6.45) is 0. The van der Waals surface area contributed by atoms with E-state index in [2.05, 4.69) is 0 Å². The number of methoxy groups -OCH3 is 1. The first kappa shape index (κ1) is 14.9. The molecule has 2 rings (SSSR count). The molecule has 0 aromatic heterocycles. The van der Waals surface area contributed by atoms with Crippen molar-refractivity contribution < 1.29 is 9.53 Å². The number of carbonyl (C=O) groups excluding carboxylic acids is 1. The number of carbonyl (C=O) groups is 1. The van der Waals surface area contributed by atoms with Crippen molar-refractivity contribution in [2.75, 3.05) is 12.9 Å². The van der Waals surface area contributed by atoms with E-state index in [4.69, 9.17) is 16.3 Å². The van der Waals surface area contributed by atoms with Crippen molar-refractivity contribution >= 4 is 29.1 Å². The Morgan fingerprint density at radius 1 is 1.15 bits per heavy atom. The molecule has 0 atom stereocenters. The molecule has 0 amide bonds. The number of halogens is 1. The molecule has 0 bridgehead atoms. The van der Waals surface area contributed by atoms with Crippen molar-refractivity contribution in [1.82, 2.24) is 0 Å². The van der Waals surface area contributed by atoms with Gasteiger partial charge in [0.1, 0.15) is 5.75 Å². The lowest BCUT2D eigenvalue weighted by molar-refractivity contribution is 0.102. The highest BCUT2D eigenvalue weighted by Gasteiger charge is 2.07. The van der Waals surface area contributed by atoms with Crippen LogP contribution < -0.4 is 4.74 Å². The monoisotopic (exact) mass is 306 g/mol. The summed E-state index contributed by atoms with van der Waals surface area (Å²) in [7, 11) is 1.61. The van der Waals surface area contributed by atoms with Gasteiger partial charge in [0.25, 0.3) is 0 Å². The van der Waals surface area contributed by atoms with Gasteiger partial charge in [0.2, 0.25) is 0 Å². The maximum atomic E-state index is 12.0. The van der Waals surface area contributed by atoms with E-state index < -0.39 is 0 Å². The van der Waals surface area contributed by atoms with Gasteiger partial charge in [0, 0.05) is 16.3 Å². The molecule has 0 N–H and O–H groups in total. The second-order valence-electron chi connectivity index (χ2n) is 4.24. The molecule has 0 spiro atoms. The summed E-state index contributed by atoms with van der Waals surface area (Å²) in [6, 6.07) is 14.9. The van der Waals surface area contributed by atoms with Crippen molar-refractivity contribution in [3.63, 3.8) is 0 Å². The molecule has 20 heavy (non-hydrogen) atoms. The van der Waals surface area contributed by atoms with E-state index in [-0.39, 0.29) is 5.78 Å². The minimum Gasteiger partial charge on any atom is -0.497 e. The minimum atomic E-state index is 0.115. The van der Waals surface area contributed by atoms with Crippen LogP contribution in [0.5, 0.6) is 5.75 Å². The predicted octanol–water partition coefficient (Wildman–Crippen LogP) is 4.46. The van der Waals surface area contributed by atoms with Gasteiger partial charge in [-0.3, -0.25) is 4.79 Å². The zero-order valence-electron chi connectivity index (χ0n) is 11.1. The van der Waals surface area contributed by atoms with Crippen LogP contribution in [0.15, 0.2) is 48.5 Å². The van der Waals surface area contributed by atoms with Gasteiger partial charge in [-0.1, -0.05) is 29.8 Å². The van der Waals surface area contributed by atoms with Crippen molar-refractivity contribution in [2.24, 2.45) is 0 Å². The summed E-state index contributed by atoms with van der Waals surface area (Å²) in [5.74, 6) is 2.05. The second-order valence-corrected chi connectivity index (χ2v) is 5.63. The predicted molar refractivity (Wildman–Crippen MR) is 84.9 cm³/mol. The largest absolute Gasteiger partial charge is 0.497 e. The number of Topliss-reactive ketones (excluding diaryl/α,β-unsaturated/α-hetero) is 1. The third-order valence-electron chi connectivity index (χ3n) is 2.86. The molecule has 0 saturated heterocycles. The number of rotatable bonds is 6. The molecule has 0 heterocycles. The van der Waals surface area contributed by atoms with Crippen LogP contribution >= 0.6 is 23.4 Å². The number of ether oxygens (including phenoxy) is 1. The fourth-order valence-corrected chi connectivity index (χ4v) is 2.94. The Labute approximate surface area is 128 Å². The first-order chi connectivity index (χ1) is 9.70. The SMILES string of the molecule is COc1ccc(C(=O)CSCc2ccccc2Cl)cc1. The molecule has 2 nitrogen and oxygen atoms in total. The molecular weight excluding hydrogens is 292 g/mol. The molecule has 0 aliphatic rings. The number of hydrogen-bond donors (Lipinski definition) is 0. The summed E-state index contributed by atoms with van der Waals surface area (Å²) in [5.41, 5.74) is 1.76. The number of ketones is 1. The van der Waals surface area contributed by atoms with Crippen molar-refractivity contribution in [3.8, 4) is 5.75 Å². The van der Waals surface area contributed by atoms with Crippen LogP contribution in [0.25, 0.3) is 0 Å². The molecule has 2 aromatic rings. The van der Waals surface area contributed by atoms with E-state index in [9.17, 15) is 4.79 Å². The zero-order valence-corrected chi connectivity index (χ0v) is 12.7. The Morgan fingerprint density at radius 2 is 1.85 bits per heavy atom. The topological polar surface area (TPSA) is 26.3 Å². The lowest BCUT2D eigenvalue weighted by Crippen LogP contribution is -2.02. The molecule has 0 aliphatic carbocycles. The molecule has 2 aromatic carbocycles. The molecule has 0 aliphatic heterocycles. The summed E-state index contributed by atoms with van der Waals surface area (Å²) >= 11 is 7.65. The van der Waals surface area contributed by atoms with Gasteiger partial charge >= 0.3 is 0 Å². The molecule has 0 saturated carbocycles. The third kappa shape index (κ3) is 4.02. The van der Waals surface area contributed by atoms with Gasteiger partial charge in [-0.15, -0.1) is 11.8 Å². The standard InChI is InChI=1S/C16H15ClO2S/c1-19-14-8-6-12(7-9-14)16(18)11-20-10-13-4-2-3-5-15(13)17/h2-9H,10-11H2,1H3. The van der Waals surface area contributed by atoms with Crippen molar-refractivity contribution in [1.29, 1.82) is 0 Å². The Bertz CT molecular complexity index is 581. The quantitative estimate of drug-likeness (QED) is 0.737. The summed E-state index contributed by atoms with van der Waals surface area (Å²) < 4.78 is 5.07. The number of benzene rings is 2. The fraction of sp³-hybridized carbons (Fsp3) is 0.188. The second kappa shape index (κ2) is 7.36. The molecule has 104 valence electrons. The van der Waals surface area contributed by atoms with Crippen LogP contribution in [0.3, 0.4) is 0 Å². The highest BCUT2D eigenvalue weighted by Crippen LogP contribution is 2.21. The third-order valence-corrected chi connectivity index (χ3v) is 4.21. The summed E-state index contributed by atoms with van der Waals surface area (Å²) in [6.45, 7) is 0. The molecular formula is C16H15ClO2S. The lowest BCUT2D eigenvalue weighted by atomic mass is 10.1. The fourth-order valence-electron chi connectivity index (χ4n) is 1.73. The van der Waals surface area contributed by atoms with Crippen LogP contribution in [0.2, 0.25) is 5.02 Å². The van der Waals surface area contributed by atoms with E-state index in [1.165, 1.54) is 0 Å². The van der Waals surface area contributed by atoms with Crippen LogP contribution in [-0.4, -0.2) is 18.6 Å². The van der Waals surface area contributed by atoms with Crippen LogP contribution in [0.4, 0.5) is 0 Å². The Balaban J connectivity index is 1.87. The number of hydrogen-bond acceptors (Lipinski definition) is 3. The Kier molecular flexibility index (Phi) is 5.50. The van der Waals surface area contributed by atoms with Crippen LogP contribution in [0.1, 0.15) is 15.9 Å². The highest BCUT2D eigenvalue weighted by atomic mass is 35.5. The van der Waals surface area contributed by atoms with Gasteiger partial charge in [-0.05, 0) is 35.9 Å². The van der Waals surface area contributed by atoms with Gasteiger partial charge in [-0.2, -0.15) is 0 Å². The molecule has 0 unspecified atom stereocenters. The van der Waals surface area contributed by atoms with E-state index >= 15 is 0 Å². The Hall–Kier alpha value is -1.45. The maximum absolute atomic E-state index is 12.0. The van der Waals surface area contributed by atoms with Gasteiger partial charge in [-0.25, -0.2) is 0 Å². The summed E-state index contributed by atoms with van der Waals surface area (Å²) in [4.78, 5) is 12.0. The van der Waals surface area contributed by atoms with Gasteiger partial charge in [0.05, 0.1) is 12.9 Å². The molecule has 4 heteroatoms. The van der Waals surface area contributed by atoms with E-state index in [0.29, 0.717) is 11.3 Å². The Morgan fingerprint density at radius 3 is 2.50 bits per heavy atom. The normalized spacial score (nSPS) is 10.3. The first-order valence-corrected chi connectivity index (χ1v) is 7.72. The lowest BCUT2D eigenvalue weighted by Gasteiger charge is -2.05.